The third-order valence-electron chi connectivity index (χ3n) is 3.35. The third-order valence-corrected chi connectivity index (χ3v) is 3.35. The van der Waals surface area contributed by atoms with E-state index < -0.39 is 0 Å². The highest BCUT2D eigenvalue weighted by Crippen LogP contribution is 2.21. The molecule has 3 unspecified atom stereocenters. The number of hydrogen-bond donors (Lipinski definition) is 1. The van der Waals surface area contributed by atoms with E-state index in [-0.39, 0.29) is 12.0 Å². The Hall–Kier alpha value is -0.610. The Morgan fingerprint density at radius 2 is 2.29 bits per heavy atom. The van der Waals surface area contributed by atoms with Crippen molar-refractivity contribution in [2.24, 2.45) is 11.7 Å². The molecule has 0 bridgehead atoms. The summed E-state index contributed by atoms with van der Waals surface area (Å²) in [6, 6.07) is 0.300. The van der Waals surface area contributed by atoms with Crippen molar-refractivity contribution in [2.75, 3.05) is 19.7 Å². The fraction of sp³-hybridized carbons (Fsp3) is 0.900. The van der Waals surface area contributed by atoms with E-state index >= 15 is 0 Å². The van der Waals surface area contributed by atoms with Crippen LogP contribution in [0.3, 0.4) is 0 Å². The number of cyclic esters (lactones) is 1. The molecule has 14 heavy (non-hydrogen) atoms. The van der Waals surface area contributed by atoms with Gasteiger partial charge in [0.2, 0.25) is 0 Å². The number of carbonyl (C=O) groups excluding carboxylic acids is 1. The molecule has 0 aromatic rings. The number of esters is 1. The Morgan fingerprint density at radius 3 is 2.86 bits per heavy atom. The molecule has 2 aliphatic heterocycles. The van der Waals surface area contributed by atoms with Crippen molar-refractivity contribution in [3.05, 3.63) is 0 Å². The molecule has 4 heteroatoms. The van der Waals surface area contributed by atoms with Crippen LogP contribution in [-0.4, -0.2) is 42.6 Å². The first-order valence-electron chi connectivity index (χ1n) is 5.35. The summed E-state index contributed by atoms with van der Waals surface area (Å²) < 4.78 is 4.97. The Bertz CT molecular complexity index is 232. The molecule has 0 spiro atoms. The molecule has 0 radical (unpaired) electrons. The van der Waals surface area contributed by atoms with Crippen molar-refractivity contribution >= 4 is 5.97 Å². The van der Waals surface area contributed by atoms with Gasteiger partial charge in [0.15, 0.2) is 0 Å². The van der Waals surface area contributed by atoms with Crippen molar-refractivity contribution in [1.29, 1.82) is 0 Å². The fourth-order valence-electron chi connectivity index (χ4n) is 2.30. The lowest BCUT2D eigenvalue weighted by Gasteiger charge is -2.37. The minimum absolute atomic E-state index is 0.00458. The predicted molar refractivity (Wildman–Crippen MR) is 52.7 cm³/mol. The number of rotatable bonds is 1. The Kier molecular flexibility index (Phi) is 2.74. The SMILES string of the molecule is CC1CN(C2CCOC2=O)CCC1N. The van der Waals surface area contributed by atoms with Crippen molar-refractivity contribution in [2.45, 2.75) is 31.8 Å². The quantitative estimate of drug-likeness (QED) is 0.601. The maximum atomic E-state index is 11.4. The second kappa shape index (κ2) is 3.87. The van der Waals surface area contributed by atoms with Crippen LogP contribution in [0.15, 0.2) is 0 Å². The zero-order chi connectivity index (χ0) is 10.1. The van der Waals surface area contributed by atoms with Gasteiger partial charge in [0.05, 0.1) is 6.61 Å². The normalized spacial score (nSPS) is 39.9. The van der Waals surface area contributed by atoms with Crippen LogP contribution in [0.1, 0.15) is 19.8 Å². The Morgan fingerprint density at radius 1 is 1.50 bits per heavy atom. The summed E-state index contributed by atoms with van der Waals surface area (Å²) in [6.07, 6.45) is 1.84. The van der Waals surface area contributed by atoms with E-state index in [0.717, 1.165) is 25.9 Å². The number of nitrogens with two attached hydrogens (primary N) is 1. The van der Waals surface area contributed by atoms with Gasteiger partial charge < -0.3 is 10.5 Å². The number of hydrogen-bond acceptors (Lipinski definition) is 4. The number of ether oxygens (including phenoxy) is 1. The molecule has 2 saturated heterocycles. The van der Waals surface area contributed by atoms with Crippen molar-refractivity contribution < 1.29 is 9.53 Å². The first-order chi connectivity index (χ1) is 6.68. The standard InChI is InChI=1S/C10H18N2O2/c1-7-6-12(4-2-8(7)11)9-3-5-14-10(9)13/h7-9H,2-6,11H2,1H3. The van der Waals surface area contributed by atoms with E-state index in [2.05, 4.69) is 11.8 Å². The van der Waals surface area contributed by atoms with Crippen molar-refractivity contribution in [1.82, 2.24) is 4.90 Å². The maximum absolute atomic E-state index is 11.4. The molecule has 4 nitrogen and oxygen atoms in total. The summed E-state index contributed by atoms with van der Waals surface area (Å²) in [4.78, 5) is 13.6. The summed E-state index contributed by atoms with van der Waals surface area (Å²) >= 11 is 0. The lowest BCUT2D eigenvalue weighted by Crippen LogP contribution is -2.51. The van der Waals surface area contributed by atoms with Gasteiger partial charge in [-0.05, 0) is 12.3 Å². The smallest absolute Gasteiger partial charge is 0.323 e. The third kappa shape index (κ3) is 1.77. The highest BCUT2D eigenvalue weighted by molar-refractivity contribution is 5.77. The van der Waals surface area contributed by atoms with Crippen LogP contribution >= 0.6 is 0 Å². The molecule has 3 atom stereocenters. The summed E-state index contributed by atoms with van der Waals surface area (Å²) in [5.74, 6) is 0.435. The van der Waals surface area contributed by atoms with E-state index in [4.69, 9.17) is 10.5 Å². The molecule has 0 saturated carbocycles. The van der Waals surface area contributed by atoms with Crippen molar-refractivity contribution in [3.8, 4) is 0 Å². The van der Waals surface area contributed by atoms with Crippen LogP contribution in [0.4, 0.5) is 0 Å². The van der Waals surface area contributed by atoms with Gasteiger partial charge >= 0.3 is 5.97 Å². The van der Waals surface area contributed by atoms with Gasteiger partial charge in [-0.2, -0.15) is 0 Å². The number of carbonyl (C=O) groups is 1. The predicted octanol–water partition coefficient (Wildman–Crippen LogP) is -0.0290. The summed E-state index contributed by atoms with van der Waals surface area (Å²) in [7, 11) is 0. The molecule has 2 N–H and O–H groups in total. The summed E-state index contributed by atoms with van der Waals surface area (Å²) in [5.41, 5.74) is 5.93. The average Bonchev–Trinajstić information content (AvgIpc) is 2.57. The van der Waals surface area contributed by atoms with Gasteiger partial charge in [-0.3, -0.25) is 9.69 Å². The zero-order valence-electron chi connectivity index (χ0n) is 8.61. The first-order valence-corrected chi connectivity index (χ1v) is 5.35. The lowest BCUT2D eigenvalue weighted by molar-refractivity contribution is -0.142. The van der Waals surface area contributed by atoms with Crippen LogP contribution in [0.5, 0.6) is 0 Å². The minimum Gasteiger partial charge on any atom is -0.464 e. The highest BCUT2D eigenvalue weighted by atomic mass is 16.5. The monoisotopic (exact) mass is 198 g/mol. The molecule has 0 aromatic heterocycles. The van der Waals surface area contributed by atoms with Gasteiger partial charge in [0.25, 0.3) is 0 Å². The van der Waals surface area contributed by atoms with Crippen LogP contribution in [0, 0.1) is 5.92 Å². The second-order valence-electron chi connectivity index (χ2n) is 4.40. The topological polar surface area (TPSA) is 55.6 Å². The highest BCUT2D eigenvalue weighted by Gasteiger charge is 2.35. The molecule has 80 valence electrons. The summed E-state index contributed by atoms with van der Waals surface area (Å²) in [5, 5.41) is 0. The van der Waals surface area contributed by atoms with Crippen LogP contribution in [-0.2, 0) is 9.53 Å². The van der Waals surface area contributed by atoms with E-state index in [9.17, 15) is 4.79 Å². The summed E-state index contributed by atoms with van der Waals surface area (Å²) in [6.45, 7) is 4.60. The maximum Gasteiger partial charge on any atom is 0.323 e. The van der Waals surface area contributed by atoms with E-state index in [1.54, 1.807) is 0 Å². The molecule has 0 aliphatic carbocycles. The number of likely N-dealkylation sites (tertiary alicyclic amines) is 1. The molecule has 0 amide bonds. The van der Waals surface area contributed by atoms with Crippen LogP contribution in [0.2, 0.25) is 0 Å². The van der Waals surface area contributed by atoms with E-state index in [1.807, 2.05) is 0 Å². The molecule has 2 rings (SSSR count). The van der Waals surface area contributed by atoms with Crippen molar-refractivity contribution in [3.63, 3.8) is 0 Å². The molecular formula is C10H18N2O2. The Balaban J connectivity index is 1.95. The number of nitrogens with zero attached hydrogens (tertiary/aromatic N) is 1. The number of piperidine rings is 1. The van der Waals surface area contributed by atoms with Crippen LogP contribution < -0.4 is 5.73 Å². The lowest BCUT2D eigenvalue weighted by atomic mass is 9.93. The van der Waals surface area contributed by atoms with E-state index in [0.29, 0.717) is 18.6 Å². The van der Waals surface area contributed by atoms with Gasteiger partial charge in [0.1, 0.15) is 6.04 Å². The molecule has 2 fully saturated rings. The fourth-order valence-corrected chi connectivity index (χ4v) is 2.30. The molecular weight excluding hydrogens is 180 g/mol. The van der Waals surface area contributed by atoms with Gasteiger partial charge in [0, 0.05) is 25.6 Å². The van der Waals surface area contributed by atoms with Crippen LogP contribution in [0.25, 0.3) is 0 Å². The minimum atomic E-state index is -0.0485. The Labute approximate surface area is 84.4 Å². The largest absolute Gasteiger partial charge is 0.464 e. The van der Waals surface area contributed by atoms with Gasteiger partial charge in [-0.15, -0.1) is 0 Å². The van der Waals surface area contributed by atoms with Gasteiger partial charge in [-0.25, -0.2) is 0 Å². The van der Waals surface area contributed by atoms with Gasteiger partial charge in [-0.1, -0.05) is 6.92 Å². The second-order valence-corrected chi connectivity index (χ2v) is 4.40. The zero-order valence-corrected chi connectivity index (χ0v) is 8.61. The molecule has 2 heterocycles. The molecule has 0 aromatic carbocycles. The average molecular weight is 198 g/mol. The first kappa shape index (κ1) is 9.93. The molecule has 2 aliphatic rings. The van der Waals surface area contributed by atoms with E-state index in [1.165, 1.54) is 0 Å².